The first-order chi connectivity index (χ1) is 8.92. The summed E-state index contributed by atoms with van der Waals surface area (Å²) in [6, 6.07) is 1.18. The SMILES string of the molecule is COc1cc(Cl)c(C)c(C(N)CCC(=O)O)c1OC. The third kappa shape index (κ3) is 3.52. The summed E-state index contributed by atoms with van der Waals surface area (Å²) in [6.07, 6.45) is 0.286. The number of aliphatic carboxylic acids is 1. The summed E-state index contributed by atoms with van der Waals surface area (Å²) in [4.78, 5) is 10.6. The van der Waals surface area contributed by atoms with Crippen molar-refractivity contribution in [2.24, 2.45) is 5.73 Å². The molecule has 1 aromatic carbocycles. The fraction of sp³-hybridized carbons (Fsp3) is 0.462. The minimum absolute atomic E-state index is 0.0153. The smallest absolute Gasteiger partial charge is 0.303 e. The van der Waals surface area contributed by atoms with Crippen LogP contribution in [0, 0.1) is 6.92 Å². The van der Waals surface area contributed by atoms with Crippen molar-refractivity contribution in [2.45, 2.75) is 25.8 Å². The second-order valence-corrected chi connectivity index (χ2v) is 4.58. The highest BCUT2D eigenvalue weighted by molar-refractivity contribution is 6.31. The molecule has 1 rings (SSSR count). The summed E-state index contributed by atoms with van der Waals surface area (Å²) < 4.78 is 10.5. The Kier molecular flexibility index (Phi) is 5.44. The summed E-state index contributed by atoms with van der Waals surface area (Å²) in [5.74, 6) is 0.0993. The lowest BCUT2D eigenvalue weighted by molar-refractivity contribution is -0.137. The summed E-state index contributed by atoms with van der Waals surface area (Å²) >= 11 is 6.13. The summed E-state index contributed by atoms with van der Waals surface area (Å²) in [7, 11) is 3.02. The molecule has 106 valence electrons. The molecule has 6 heteroatoms. The fourth-order valence-electron chi connectivity index (χ4n) is 1.95. The summed E-state index contributed by atoms with van der Waals surface area (Å²) in [5.41, 5.74) is 7.52. The van der Waals surface area contributed by atoms with Gasteiger partial charge in [-0.05, 0) is 18.9 Å². The lowest BCUT2D eigenvalue weighted by atomic mass is 9.96. The van der Waals surface area contributed by atoms with Gasteiger partial charge in [0.2, 0.25) is 0 Å². The van der Waals surface area contributed by atoms with Crippen LogP contribution in [0.3, 0.4) is 0 Å². The molecular weight excluding hydrogens is 270 g/mol. The van der Waals surface area contributed by atoms with E-state index in [1.54, 1.807) is 6.07 Å². The van der Waals surface area contributed by atoms with Crippen LogP contribution in [0.5, 0.6) is 11.5 Å². The lowest BCUT2D eigenvalue weighted by Crippen LogP contribution is -2.15. The molecule has 0 aliphatic carbocycles. The van der Waals surface area contributed by atoms with Gasteiger partial charge in [0.05, 0.1) is 14.2 Å². The third-order valence-electron chi connectivity index (χ3n) is 2.95. The molecule has 1 unspecified atom stereocenters. The summed E-state index contributed by atoms with van der Waals surface area (Å²) in [5, 5.41) is 9.24. The lowest BCUT2D eigenvalue weighted by Gasteiger charge is -2.21. The average Bonchev–Trinajstić information content (AvgIpc) is 2.38. The number of ether oxygens (including phenoxy) is 2. The molecule has 0 radical (unpaired) electrons. The Balaban J connectivity index is 3.22. The molecule has 1 atom stereocenters. The van der Waals surface area contributed by atoms with Gasteiger partial charge in [-0.15, -0.1) is 0 Å². The Morgan fingerprint density at radius 3 is 2.58 bits per heavy atom. The molecular formula is C13H18ClNO4. The predicted octanol–water partition coefficient (Wildman–Crippen LogP) is 2.53. The second-order valence-electron chi connectivity index (χ2n) is 4.17. The van der Waals surface area contributed by atoms with Gasteiger partial charge >= 0.3 is 5.97 Å². The van der Waals surface area contributed by atoms with Gasteiger partial charge < -0.3 is 20.3 Å². The highest BCUT2D eigenvalue weighted by Crippen LogP contribution is 2.41. The van der Waals surface area contributed by atoms with Crippen molar-refractivity contribution >= 4 is 17.6 Å². The molecule has 0 saturated carbocycles. The van der Waals surface area contributed by atoms with Crippen molar-refractivity contribution in [3.63, 3.8) is 0 Å². The Morgan fingerprint density at radius 2 is 2.11 bits per heavy atom. The van der Waals surface area contributed by atoms with Crippen LogP contribution in [-0.2, 0) is 4.79 Å². The molecule has 0 bridgehead atoms. The molecule has 0 fully saturated rings. The number of carboxylic acid groups (broad SMARTS) is 1. The quantitative estimate of drug-likeness (QED) is 0.840. The van der Waals surface area contributed by atoms with E-state index in [1.165, 1.54) is 14.2 Å². The molecule has 0 spiro atoms. The number of rotatable bonds is 6. The minimum atomic E-state index is -0.888. The Morgan fingerprint density at radius 1 is 1.47 bits per heavy atom. The van der Waals surface area contributed by atoms with Gasteiger partial charge in [-0.3, -0.25) is 4.79 Å². The van der Waals surface area contributed by atoms with Crippen LogP contribution in [0.2, 0.25) is 5.02 Å². The molecule has 0 saturated heterocycles. The van der Waals surface area contributed by atoms with E-state index >= 15 is 0 Å². The van der Waals surface area contributed by atoms with Gasteiger partial charge in [-0.1, -0.05) is 11.6 Å². The van der Waals surface area contributed by atoms with Gasteiger partial charge in [0, 0.05) is 29.1 Å². The van der Waals surface area contributed by atoms with Crippen molar-refractivity contribution in [3.05, 3.63) is 22.2 Å². The molecule has 3 N–H and O–H groups in total. The number of nitrogens with two attached hydrogens (primary N) is 1. The van der Waals surface area contributed by atoms with Crippen LogP contribution in [0.15, 0.2) is 6.07 Å². The van der Waals surface area contributed by atoms with E-state index < -0.39 is 12.0 Å². The third-order valence-corrected chi connectivity index (χ3v) is 3.35. The monoisotopic (exact) mass is 287 g/mol. The average molecular weight is 288 g/mol. The normalized spacial score (nSPS) is 12.1. The first-order valence-corrected chi connectivity index (χ1v) is 6.18. The number of carbonyl (C=O) groups is 1. The first-order valence-electron chi connectivity index (χ1n) is 5.80. The van der Waals surface area contributed by atoms with Gasteiger partial charge in [-0.25, -0.2) is 0 Å². The Bertz CT molecular complexity index is 476. The standard InChI is InChI=1S/C13H18ClNO4/c1-7-8(14)6-10(18-2)13(19-3)12(7)9(15)4-5-11(16)17/h6,9H,4-5,15H2,1-3H3,(H,16,17). The number of halogens is 1. The second kappa shape index (κ2) is 6.63. The topological polar surface area (TPSA) is 81.8 Å². The van der Waals surface area contributed by atoms with Crippen LogP contribution in [0.1, 0.15) is 30.0 Å². The van der Waals surface area contributed by atoms with Gasteiger partial charge in [-0.2, -0.15) is 0 Å². The number of hydrogen-bond acceptors (Lipinski definition) is 4. The number of hydrogen-bond donors (Lipinski definition) is 2. The zero-order valence-corrected chi connectivity index (χ0v) is 12.0. The van der Waals surface area contributed by atoms with E-state index in [4.69, 9.17) is 31.9 Å². The van der Waals surface area contributed by atoms with Crippen molar-refractivity contribution in [1.29, 1.82) is 0 Å². The van der Waals surface area contributed by atoms with Crippen molar-refractivity contribution in [3.8, 4) is 11.5 Å². The predicted molar refractivity (Wildman–Crippen MR) is 73.1 cm³/mol. The van der Waals surface area contributed by atoms with E-state index in [-0.39, 0.29) is 6.42 Å². The zero-order valence-electron chi connectivity index (χ0n) is 11.2. The highest BCUT2D eigenvalue weighted by Gasteiger charge is 2.21. The molecule has 5 nitrogen and oxygen atoms in total. The number of benzene rings is 1. The fourth-order valence-corrected chi connectivity index (χ4v) is 2.15. The Hall–Kier alpha value is -1.46. The van der Waals surface area contributed by atoms with Gasteiger partial charge in [0.25, 0.3) is 0 Å². The number of methoxy groups -OCH3 is 2. The molecule has 0 aromatic heterocycles. The maximum Gasteiger partial charge on any atom is 0.303 e. The molecule has 1 aromatic rings. The first kappa shape index (κ1) is 15.6. The molecule has 0 aliphatic heterocycles. The van der Waals surface area contributed by atoms with Crippen LogP contribution in [0.4, 0.5) is 0 Å². The summed E-state index contributed by atoms with van der Waals surface area (Å²) in [6.45, 7) is 1.82. The van der Waals surface area contributed by atoms with E-state index in [2.05, 4.69) is 0 Å². The Labute approximate surface area is 117 Å². The maximum atomic E-state index is 10.6. The van der Waals surface area contributed by atoms with Crippen LogP contribution in [-0.4, -0.2) is 25.3 Å². The highest BCUT2D eigenvalue weighted by atomic mass is 35.5. The molecule has 19 heavy (non-hydrogen) atoms. The van der Waals surface area contributed by atoms with Crippen LogP contribution < -0.4 is 15.2 Å². The van der Waals surface area contributed by atoms with E-state index in [0.717, 1.165) is 5.56 Å². The van der Waals surface area contributed by atoms with Crippen LogP contribution >= 0.6 is 11.6 Å². The van der Waals surface area contributed by atoms with E-state index in [0.29, 0.717) is 28.5 Å². The van der Waals surface area contributed by atoms with E-state index in [9.17, 15) is 4.79 Å². The molecule has 0 heterocycles. The van der Waals surface area contributed by atoms with Crippen molar-refractivity contribution < 1.29 is 19.4 Å². The van der Waals surface area contributed by atoms with Gasteiger partial charge in [0.15, 0.2) is 11.5 Å². The van der Waals surface area contributed by atoms with Crippen molar-refractivity contribution in [2.75, 3.05) is 14.2 Å². The number of carboxylic acids is 1. The zero-order chi connectivity index (χ0) is 14.6. The maximum absolute atomic E-state index is 10.6. The largest absolute Gasteiger partial charge is 0.493 e. The minimum Gasteiger partial charge on any atom is -0.493 e. The van der Waals surface area contributed by atoms with Gasteiger partial charge in [0.1, 0.15) is 0 Å². The van der Waals surface area contributed by atoms with Crippen molar-refractivity contribution in [1.82, 2.24) is 0 Å². The molecule has 0 aliphatic rings. The van der Waals surface area contributed by atoms with Crippen LogP contribution in [0.25, 0.3) is 0 Å². The molecule has 0 amide bonds. The van der Waals surface area contributed by atoms with E-state index in [1.807, 2.05) is 6.92 Å².